The van der Waals surface area contributed by atoms with Crippen LogP contribution in [-0.4, -0.2) is 49.3 Å². The van der Waals surface area contributed by atoms with E-state index in [1.807, 2.05) is 32.0 Å². The van der Waals surface area contributed by atoms with Crippen LogP contribution in [0.15, 0.2) is 18.2 Å². The fourth-order valence-corrected chi connectivity index (χ4v) is 3.80. The lowest BCUT2D eigenvalue weighted by Crippen LogP contribution is -2.35. The molecule has 0 saturated carbocycles. The number of thioether (sulfide) groups is 1. The summed E-state index contributed by atoms with van der Waals surface area (Å²) in [6, 6.07) is 5.75. The molecule has 0 aliphatic carbocycles. The van der Waals surface area contributed by atoms with E-state index in [2.05, 4.69) is 5.32 Å². The van der Waals surface area contributed by atoms with Crippen molar-refractivity contribution in [2.75, 3.05) is 26.5 Å². The number of ether oxygens (including phenoxy) is 2. The number of hydrogen-bond acceptors (Lipinski definition) is 5. The van der Waals surface area contributed by atoms with Gasteiger partial charge in [-0.2, -0.15) is 0 Å². The summed E-state index contributed by atoms with van der Waals surface area (Å²) in [6.07, 6.45) is 0.300. The molecule has 2 amide bonds. The van der Waals surface area contributed by atoms with Gasteiger partial charge in [0.15, 0.2) is 11.5 Å². The summed E-state index contributed by atoms with van der Waals surface area (Å²) in [4.78, 5) is 25.8. The zero-order chi connectivity index (χ0) is 17.7. The van der Waals surface area contributed by atoms with Crippen LogP contribution in [0.4, 0.5) is 0 Å². The van der Waals surface area contributed by atoms with Gasteiger partial charge in [0.05, 0.1) is 20.0 Å². The number of rotatable bonds is 7. The van der Waals surface area contributed by atoms with Crippen molar-refractivity contribution < 1.29 is 19.1 Å². The Morgan fingerprint density at radius 1 is 1.33 bits per heavy atom. The van der Waals surface area contributed by atoms with Crippen LogP contribution in [0.25, 0.3) is 0 Å². The molecule has 1 aromatic rings. The van der Waals surface area contributed by atoms with Gasteiger partial charge in [-0.25, -0.2) is 0 Å². The average Bonchev–Trinajstić information content (AvgIpc) is 2.92. The molecule has 0 spiro atoms. The molecular formula is C17H24N2O4S. The van der Waals surface area contributed by atoms with Gasteiger partial charge in [-0.3, -0.25) is 9.59 Å². The van der Waals surface area contributed by atoms with Crippen molar-refractivity contribution in [1.82, 2.24) is 10.2 Å². The molecular weight excluding hydrogens is 328 g/mol. The molecule has 1 heterocycles. The van der Waals surface area contributed by atoms with E-state index in [1.54, 1.807) is 30.9 Å². The van der Waals surface area contributed by atoms with Crippen molar-refractivity contribution in [3.05, 3.63) is 23.8 Å². The SMILES string of the molecule is COc1ccc([C@H]2SCC(=O)N2CCC(=O)NC(C)C)cc1OC. The van der Waals surface area contributed by atoms with Crippen LogP contribution in [-0.2, 0) is 9.59 Å². The maximum absolute atomic E-state index is 12.2. The minimum absolute atomic E-state index is 0.0410. The summed E-state index contributed by atoms with van der Waals surface area (Å²) in [5, 5.41) is 2.74. The topological polar surface area (TPSA) is 67.9 Å². The number of carbonyl (C=O) groups excluding carboxylic acids is 2. The van der Waals surface area contributed by atoms with Crippen LogP contribution >= 0.6 is 11.8 Å². The van der Waals surface area contributed by atoms with Gasteiger partial charge in [0, 0.05) is 19.0 Å². The van der Waals surface area contributed by atoms with Gasteiger partial charge in [0.1, 0.15) is 5.37 Å². The van der Waals surface area contributed by atoms with E-state index in [-0.39, 0.29) is 23.2 Å². The van der Waals surface area contributed by atoms with E-state index >= 15 is 0 Å². The Morgan fingerprint density at radius 3 is 2.67 bits per heavy atom. The Kier molecular flexibility index (Phi) is 6.36. The summed E-state index contributed by atoms with van der Waals surface area (Å²) in [7, 11) is 3.17. The van der Waals surface area contributed by atoms with Crippen molar-refractivity contribution in [2.45, 2.75) is 31.7 Å². The molecule has 1 atom stereocenters. The Labute approximate surface area is 146 Å². The third kappa shape index (κ3) is 4.35. The molecule has 6 nitrogen and oxygen atoms in total. The highest BCUT2D eigenvalue weighted by molar-refractivity contribution is 8.00. The molecule has 2 rings (SSSR count). The van der Waals surface area contributed by atoms with Gasteiger partial charge in [-0.15, -0.1) is 11.8 Å². The van der Waals surface area contributed by atoms with Gasteiger partial charge >= 0.3 is 0 Å². The molecule has 1 aliphatic heterocycles. The second-order valence-electron chi connectivity index (χ2n) is 5.84. The monoisotopic (exact) mass is 352 g/mol. The molecule has 7 heteroatoms. The first-order chi connectivity index (χ1) is 11.5. The number of nitrogens with one attached hydrogen (secondary N) is 1. The minimum atomic E-state index is -0.107. The highest BCUT2D eigenvalue weighted by Crippen LogP contribution is 2.41. The van der Waals surface area contributed by atoms with E-state index < -0.39 is 0 Å². The predicted octanol–water partition coefficient (Wildman–Crippen LogP) is 2.19. The Hall–Kier alpha value is -1.89. The van der Waals surface area contributed by atoms with Gasteiger partial charge in [0.25, 0.3) is 0 Å². The number of nitrogens with zero attached hydrogens (tertiary/aromatic N) is 1. The van der Waals surface area contributed by atoms with Crippen molar-refractivity contribution in [3.8, 4) is 11.5 Å². The lowest BCUT2D eigenvalue weighted by atomic mass is 10.1. The second kappa shape index (κ2) is 8.28. The molecule has 1 aromatic carbocycles. The second-order valence-corrected chi connectivity index (χ2v) is 6.91. The van der Waals surface area contributed by atoms with Crippen LogP contribution in [0.2, 0.25) is 0 Å². The Morgan fingerprint density at radius 2 is 2.04 bits per heavy atom. The summed E-state index contributed by atoms with van der Waals surface area (Å²) in [5.74, 6) is 1.72. The van der Waals surface area contributed by atoms with Crippen molar-refractivity contribution in [1.29, 1.82) is 0 Å². The normalized spacial score (nSPS) is 17.3. The van der Waals surface area contributed by atoms with Crippen molar-refractivity contribution in [2.24, 2.45) is 0 Å². The maximum Gasteiger partial charge on any atom is 0.233 e. The van der Waals surface area contributed by atoms with Crippen LogP contribution in [0.5, 0.6) is 11.5 Å². The molecule has 0 unspecified atom stereocenters. The molecule has 0 radical (unpaired) electrons. The van der Waals surface area contributed by atoms with Crippen LogP contribution in [0, 0.1) is 0 Å². The maximum atomic E-state index is 12.2. The first kappa shape index (κ1) is 18.4. The van der Waals surface area contributed by atoms with E-state index in [1.165, 1.54) is 0 Å². The molecule has 1 saturated heterocycles. The first-order valence-corrected chi connectivity index (χ1v) is 8.93. The average molecular weight is 352 g/mol. The smallest absolute Gasteiger partial charge is 0.233 e. The molecule has 0 aromatic heterocycles. The molecule has 1 aliphatic rings. The van der Waals surface area contributed by atoms with Crippen LogP contribution in [0.3, 0.4) is 0 Å². The fraction of sp³-hybridized carbons (Fsp3) is 0.529. The van der Waals surface area contributed by atoms with Gasteiger partial charge in [0.2, 0.25) is 11.8 Å². The quantitative estimate of drug-likeness (QED) is 0.815. The Bertz CT molecular complexity index is 606. The highest BCUT2D eigenvalue weighted by Gasteiger charge is 2.33. The van der Waals surface area contributed by atoms with Crippen molar-refractivity contribution in [3.63, 3.8) is 0 Å². The zero-order valence-electron chi connectivity index (χ0n) is 14.5. The summed E-state index contributed by atoms with van der Waals surface area (Å²) < 4.78 is 10.6. The van der Waals surface area contributed by atoms with Crippen molar-refractivity contribution >= 4 is 23.6 Å². The lowest BCUT2D eigenvalue weighted by Gasteiger charge is -2.25. The van der Waals surface area contributed by atoms with Crippen LogP contribution in [0.1, 0.15) is 31.2 Å². The van der Waals surface area contributed by atoms with Crippen LogP contribution < -0.4 is 14.8 Å². The van der Waals surface area contributed by atoms with E-state index in [4.69, 9.17) is 9.47 Å². The molecule has 132 valence electrons. The van der Waals surface area contributed by atoms with E-state index in [9.17, 15) is 9.59 Å². The number of hydrogen-bond donors (Lipinski definition) is 1. The van der Waals surface area contributed by atoms with Gasteiger partial charge < -0.3 is 19.7 Å². The molecule has 1 fully saturated rings. The molecule has 0 bridgehead atoms. The third-order valence-electron chi connectivity index (χ3n) is 3.69. The summed E-state index contributed by atoms with van der Waals surface area (Å²) in [6.45, 7) is 4.24. The molecule has 24 heavy (non-hydrogen) atoms. The fourth-order valence-electron chi connectivity index (χ4n) is 2.59. The van der Waals surface area contributed by atoms with E-state index in [0.717, 1.165) is 5.56 Å². The minimum Gasteiger partial charge on any atom is -0.493 e. The standard InChI is InChI=1S/C17H24N2O4S/c1-11(2)18-15(20)7-8-19-16(21)10-24-17(19)12-5-6-13(22-3)14(9-12)23-4/h5-6,9,11,17H,7-8,10H2,1-4H3,(H,18,20)/t17-/m1/s1. The number of benzene rings is 1. The largest absolute Gasteiger partial charge is 0.493 e. The van der Waals surface area contributed by atoms with Gasteiger partial charge in [-0.1, -0.05) is 6.07 Å². The first-order valence-electron chi connectivity index (χ1n) is 7.88. The number of amides is 2. The zero-order valence-corrected chi connectivity index (χ0v) is 15.3. The highest BCUT2D eigenvalue weighted by atomic mass is 32.2. The van der Waals surface area contributed by atoms with Gasteiger partial charge in [-0.05, 0) is 31.5 Å². The lowest BCUT2D eigenvalue weighted by molar-refractivity contribution is -0.129. The number of carbonyl (C=O) groups is 2. The predicted molar refractivity (Wildman–Crippen MR) is 94.4 cm³/mol. The summed E-state index contributed by atoms with van der Waals surface area (Å²) in [5.41, 5.74) is 0.966. The number of methoxy groups -OCH3 is 2. The summed E-state index contributed by atoms with van der Waals surface area (Å²) >= 11 is 1.56. The molecule has 1 N–H and O–H groups in total. The van der Waals surface area contributed by atoms with E-state index in [0.29, 0.717) is 30.2 Å². The third-order valence-corrected chi connectivity index (χ3v) is 4.95. The Balaban J connectivity index is 2.11.